The Morgan fingerprint density at radius 2 is 1.78 bits per heavy atom. The van der Waals surface area contributed by atoms with E-state index in [0.717, 1.165) is 0 Å². The maximum absolute atomic E-state index is 12.7. The molecule has 0 aliphatic carbocycles. The largest absolute Gasteiger partial charge is 0.480 e. The lowest BCUT2D eigenvalue weighted by Crippen LogP contribution is -2.59. The molecule has 1 rings (SSSR count). The van der Waals surface area contributed by atoms with Crippen LogP contribution in [-0.2, 0) is 25.6 Å². The fraction of sp³-hybridized carbons (Fsp3) is 0.632. The van der Waals surface area contributed by atoms with Crippen LogP contribution in [0.4, 0.5) is 0 Å². The van der Waals surface area contributed by atoms with E-state index in [9.17, 15) is 29.4 Å². The molecule has 0 aromatic carbocycles. The fourth-order valence-electron chi connectivity index (χ4n) is 2.74. The van der Waals surface area contributed by atoms with Crippen molar-refractivity contribution in [2.45, 2.75) is 50.9 Å². The van der Waals surface area contributed by atoms with E-state index in [1.165, 1.54) is 24.3 Å². The van der Waals surface area contributed by atoms with Crippen LogP contribution in [-0.4, -0.2) is 86.7 Å². The van der Waals surface area contributed by atoms with Crippen LogP contribution in [0.3, 0.4) is 0 Å². The van der Waals surface area contributed by atoms with Crippen molar-refractivity contribution in [1.82, 2.24) is 25.9 Å². The van der Waals surface area contributed by atoms with E-state index < -0.39 is 54.5 Å². The zero-order valence-electron chi connectivity index (χ0n) is 18.3. The summed E-state index contributed by atoms with van der Waals surface area (Å²) in [6.45, 7) is 2.65. The Morgan fingerprint density at radius 1 is 1.12 bits per heavy atom. The van der Waals surface area contributed by atoms with Gasteiger partial charge in [-0.3, -0.25) is 14.4 Å². The van der Waals surface area contributed by atoms with Gasteiger partial charge in [0, 0.05) is 18.3 Å². The molecule has 1 aromatic rings. The molecule has 8 N–H and O–H groups in total. The molecule has 0 saturated carbocycles. The zero-order chi connectivity index (χ0) is 24.3. The Kier molecular flexibility index (Phi) is 11.7. The number of aliphatic hydroxyl groups excluding tert-OH is 1. The number of imidazole rings is 1. The summed E-state index contributed by atoms with van der Waals surface area (Å²) in [6, 6.07) is -4.49. The van der Waals surface area contributed by atoms with E-state index in [2.05, 4.69) is 25.9 Å². The predicted octanol–water partition coefficient (Wildman–Crippen LogP) is -1.78. The highest BCUT2D eigenvalue weighted by molar-refractivity contribution is 7.98. The molecule has 4 atom stereocenters. The molecule has 180 valence electrons. The normalized spacial score (nSPS) is 14.8. The minimum atomic E-state index is -1.38. The highest BCUT2D eigenvalue weighted by Gasteiger charge is 2.31. The number of amides is 3. The molecule has 1 aromatic heterocycles. The predicted molar refractivity (Wildman–Crippen MR) is 119 cm³/mol. The Hall–Kier alpha value is -2.64. The number of rotatable bonds is 14. The molecule has 32 heavy (non-hydrogen) atoms. The standard InChI is InChI=1S/C19H32N6O6S/c1-10(2)15(25-16(27)12(20)6-11-7-21-9-22-11)18(29)24-14(8-26)17(28)23-13(19(30)31)4-5-32-3/h7,9-10,12-15,26H,4-6,8,20H2,1-3H3,(H,21,22)(H,23,28)(H,24,29)(H,25,27)(H,30,31). The molecule has 4 unspecified atom stereocenters. The highest BCUT2D eigenvalue weighted by atomic mass is 32.2. The topological polar surface area (TPSA) is 200 Å². The van der Waals surface area contributed by atoms with Gasteiger partial charge in [-0.1, -0.05) is 13.8 Å². The third kappa shape index (κ3) is 8.85. The fourth-order valence-corrected chi connectivity index (χ4v) is 3.21. The van der Waals surface area contributed by atoms with Gasteiger partial charge in [0.25, 0.3) is 0 Å². The van der Waals surface area contributed by atoms with E-state index in [-0.39, 0.29) is 18.8 Å². The van der Waals surface area contributed by atoms with Crippen LogP contribution in [0, 0.1) is 5.92 Å². The summed E-state index contributed by atoms with van der Waals surface area (Å²) in [5, 5.41) is 26.1. The van der Waals surface area contributed by atoms with Gasteiger partial charge in [-0.2, -0.15) is 11.8 Å². The number of H-pyrrole nitrogens is 1. The summed E-state index contributed by atoms with van der Waals surface area (Å²) in [5.74, 6) is -3.16. The molecule has 0 fully saturated rings. The van der Waals surface area contributed by atoms with Crippen molar-refractivity contribution in [2.24, 2.45) is 11.7 Å². The summed E-state index contributed by atoms with van der Waals surface area (Å²) in [6.07, 6.45) is 5.17. The van der Waals surface area contributed by atoms with Gasteiger partial charge in [-0.15, -0.1) is 0 Å². The number of thioether (sulfide) groups is 1. The Morgan fingerprint density at radius 3 is 2.28 bits per heavy atom. The Bertz CT molecular complexity index is 759. The van der Waals surface area contributed by atoms with Crippen LogP contribution >= 0.6 is 11.8 Å². The first kappa shape index (κ1) is 27.4. The van der Waals surface area contributed by atoms with Gasteiger partial charge in [0.1, 0.15) is 18.1 Å². The number of nitrogens with zero attached hydrogens (tertiary/aromatic N) is 1. The number of carboxylic acid groups (broad SMARTS) is 1. The number of aliphatic carboxylic acids is 1. The first-order valence-corrected chi connectivity index (χ1v) is 11.5. The molecule has 13 heteroatoms. The maximum atomic E-state index is 12.7. The average molecular weight is 473 g/mol. The van der Waals surface area contributed by atoms with Crippen LogP contribution in [0.25, 0.3) is 0 Å². The van der Waals surface area contributed by atoms with Crippen molar-refractivity contribution < 1.29 is 29.4 Å². The van der Waals surface area contributed by atoms with E-state index in [1.807, 2.05) is 0 Å². The van der Waals surface area contributed by atoms with Crippen LogP contribution in [0.2, 0.25) is 0 Å². The molecule has 0 spiro atoms. The summed E-state index contributed by atoms with van der Waals surface area (Å²) in [7, 11) is 0. The van der Waals surface area contributed by atoms with Gasteiger partial charge in [0.05, 0.1) is 19.0 Å². The highest BCUT2D eigenvalue weighted by Crippen LogP contribution is 2.06. The SMILES string of the molecule is CSCCC(NC(=O)C(CO)NC(=O)C(NC(=O)C(N)Cc1cnc[nH]1)C(C)C)C(=O)O. The lowest BCUT2D eigenvalue weighted by atomic mass is 10.0. The summed E-state index contributed by atoms with van der Waals surface area (Å²) < 4.78 is 0. The van der Waals surface area contributed by atoms with Gasteiger partial charge >= 0.3 is 5.97 Å². The maximum Gasteiger partial charge on any atom is 0.326 e. The molecule has 0 saturated heterocycles. The second-order valence-corrected chi connectivity index (χ2v) is 8.53. The molecular weight excluding hydrogens is 440 g/mol. The van der Waals surface area contributed by atoms with Crippen LogP contribution in [0.5, 0.6) is 0 Å². The summed E-state index contributed by atoms with van der Waals surface area (Å²) in [5.41, 5.74) is 6.56. The van der Waals surface area contributed by atoms with Crippen molar-refractivity contribution in [3.05, 3.63) is 18.2 Å². The smallest absolute Gasteiger partial charge is 0.326 e. The number of aromatic nitrogens is 2. The number of nitrogens with two attached hydrogens (primary N) is 1. The number of carboxylic acids is 1. The van der Waals surface area contributed by atoms with Gasteiger partial charge in [0.2, 0.25) is 17.7 Å². The lowest BCUT2D eigenvalue weighted by molar-refractivity contribution is -0.142. The Labute approximate surface area is 190 Å². The van der Waals surface area contributed by atoms with Gasteiger partial charge in [-0.25, -0.2) is 9.78 Å². The number of nitrogens with one attached hydrogen (secondary N) is 4. The minimum absolute atomic E-state index is 0.187. The third-order valence-corrected chi connectivity index (χ3v) is 5.26. The van der Waals surface area contributed by atoms with E-state index in [4.69, 9.17) is 5.73 Å². The van der Waals surface area contributed by atoms with Gasteiger partial charge < -0.3 is 36.9 Å². The summed E-state index contributed by atoms with van der Waals surface area (Å²) in [4.78, 5) is 55.6. The quantitative estimate of drug-likeness (QED) is 0.163. The molecule has 1 heterocycles. The van der Waals surface area contributed by atoms with Crippen molar-refractivity contribution >= 4 is 35.5 Å². The molecule has 3 amide bonds. The first-order valence-electron chi connectivity index (χ1n) is 10.1. The van der Waals surface area contributed by atoms with Crippen molar-refractivity contribution in [3.63, 3.8) is 0 Å². The van der Waals surface area contributed by atoms with E-state index in [1.54, 1.807) is 20.1 Å². The molecule has 0 bridgehead atoms. The number of aliphatic hydroxyl groups is 1. The minimum Gasteiger partial charge on any atom is -0.480 e. The number of carbonyl (C=O) groups excluding carboxylic acids is 3. The molecular formula is C19H32N6O6S. The monoisotopic (exact) mass is 472 g/mol. The number of carbonyl (C=O) groups is 4. The first-order chi connectivity index (χ1) is 15.1. The number of hydrogen-bond donors (Lipinski definition) is 7. The summed E-state index contributed by atoms with van der Waals surface area (Å²) >= 11 is 1.43. The van der Waals surface area contributed by atoms with Crippen molar-refractivity contribution in [3.8, 4) is 0 Å². The van der Waals surface area contributed by atoms with E-state index >= 15 is 0 Å². The van der Waals surface area contributed by atoms with Crippen LogP contribution < -0.4 is 21.7 Å². The average Bonchev–Trinajstić information content (AvgIpc) is 3.24. The molecule has 12 nitrogen and oxygen atoms in total. The molecule has 0 radical (unpaired) electrons. The number of hydrogen-bond acceptors (Lipinski definition) is 8. The van der Waals surface area contributed by atoms with Crippen molar-refractivity contribution in [1.29, 1.82) is 0 Å². The van der Waals surface area contributed by atoms with Gasteiger partial charge in [-0.05, 0) is 24.3 Å². The van der Waals surface area contributed by atoms with Gasteiger partial charge in [0.15, 0.2) is 0 Å². The van der Waals surface area contributed by atoms with E-state index in [0.29, 0.717) is 11.4 Å². The molecule has 0 aliphatic heterocycles. The zero-order valence-corrected chi connectivity index (χ0v) is 19.1. The van der Waals surface area contributed by atoms with Crippen molar-refractivity contribution in [2.75, 3.05) is 18.6 Å². The third-order valence-electron chi connectivity index (χ3n) is 4.62. The second kappa shape index (κ2) is 13.7. The second-order valence-electron chi connectivity index (χ2n) is 7.54. The molecule has 0 aliphatic rings. The lowest BCUT2D eigenvalue weighted by Gasteiger charge is -2.26. The van der Waals surface area contributed by atoms with Crippen LogP contribution in [0.1, 0.15) is 26.0 Å². The van der Waals surface area contributed by atoms with Crippen LogP contribution in [0.15, 0.2) is 12.5 Å². The Balaban J connectivity index is 2.75. The number of aromatic amines is 1.